The Bertz CT molecular complexity index is 1380. The maximum absolute atomic E-state index is 13.7. The van der Waals surface area contributed by atoms with E-state index in [9.17, 15) is 27.9 Å². The van der Waals surface area contributed by atoms with E-state index < -0.39 is 30.0 Å². The molecule has 1 saturated heterocycles. The maximum Gasteiger partial charge on any atom is 0.433 e. The normalized spacial score (nSPS) is 14.4. The zero-order valence-corrected chi connectivity index (χ0v) is 21.2. The van der Waals surface area contributed by atoms with Crippen molar-refractivity contribution in [3.05, 3.63) is 64.6 Å². The molecule has 1 N–H and O–H groups in total. The van der Waals surface area contributed by atoms with Gasteiger partial charge in [0.15, 0.2) is 0 Å². The highest BCUT2D eigenvalue weighted by Gasteiger charge is 2.37. The molecule has 0 saturated carbocycles. The van der Waals surface area contributed by atoms with E-state index in [2.05, 4.69) is 9.97 Å². The van der Waals surface area contributed by atoms with Gasteiger partial charge in [0.05, 0.1) is 31.0 Å². The van der Waals surface area contributed by atoms with E-state index in [4.69, 9.17) is 9.47 Å². The lowest BCUT2D eigenvalue weighted by molar-refractivity contribution is -0.141. The molecule has 4 rings (SSSR count). The average molecular weight is 530 g/mol. The number of carboxylic acid groups (broad SMARTS) is 1. The zero-order valence-electron chi connectivity index (χ0n) is 21.2. The Morgan fingerprint density at radius 1 is 1.18 bits per heavy atom. The second-order valence-corrected chi connectivity index (χ2v) is 8.93. The molecule has 200 valence electrons. The minimum atomic E-state index is -4.69. The fourth-order valence-corrected chi connectivity index (χ4v) is 4.85. The Morgan fingerprint density at radius 2 is 1.87 bits per heavy atom. The maximum atomic E-state index is 13.7. The number of halogens is 3. The van der Waals surface area contributed by atoms with Gasteiger partial charge >= 0.3 is 18.2 Å². The number of rotatable bonds is 7. The lowest BCUT2D eigenvalue weighted by Gasteiger charge is -2.27. The topological polar surface area (TPSA) is 102 Å². The van der Waals surface area contributed by atoms with Crippen LogP contribution < -0.4 is 4.74 Å². The highest BCUT2D eigenvalue weighted by Crippen LogP contribution is 2.41. The number of alkyl halides is 3. The number of benzene rings is 1. The van der Waals surface area contributed by atoms with Gasteiger partial charge in [-0.3, -0.25) is 4.90 Å². The largest absolute Gasteiger partial charge is 0.481 e. The summed E-state index contributed by atoms with van der Waals surface area (Å²) in [6.45, 7) is 5.66. The van der Waals surface area contributed by atoms with Crippen LogP contribution in [0.4, 0.5) is 18.0 Å². The monoisotopic (exact) mass is 529 g/mol. The first-order valence-corrected chi connectivity index (χ1v) is 11.9. The SMILES string of the molecule is CC[C@@H](c1nc(C(F)(F)F)ccc1-c1cc(-c2c(C)cc(C(=O)O)cc2C)cnc1OC)N1CCOC1=O. The molecule has 0 aliphatic carbocycles. The minimum Gasteiger partial charge on any atom is -0.481 e. The second-order valence-electron chi connectivity index (χ2n) is 8.93. The first-order chi connectivity index (χ1) is 18.0. The molecule has 0 radical (unpaired) electrons. The number of methoxy groups -OCH3 is 1. The van der Waals surface area contributed by atoms with Crippen LogP contribution in [0.25, 0.3) is 22.3 Å². The number of aromatic nitrogens is 2. The number of ether oxygens (including phenoxy) is 2. The predicted octanol–water partition coefficient (Wildman–Crippen LogP) is 6.06. The molecular formula is C27H26F3N3O5. The fourth-order valence-electron chi connectivity index (χ4n) is 4.85. The Morgan fingerprint density at radius 3 is 2.39 bits per heavy atom. The van der Waals surface area contributed by atoms with E-state index in [1.807, 2.05) is 0 Å². The van der Waals surface area contributed by atoms with Gasteiger partial charge in [0.1, 0.15) is 12.3 Å². The Hall–Kier alpha value is -4.15. The van der Waals surface area contributed by atoms with Crippen molar-refractivity contribution in [2.75, 3.05) is 20.3 Å². The van der Waals surface area contributed by atoms with Crippen LogP contribution in [0, 0.1) is 13.8 Å². The van der Waals surface area contributed by atoms with Crippen molar-refractivity contribution >= 4 is 12.1 Å². The molecule has 0 spiro atoms. The number of nitrogens with zero attached hydrogens (tertiary/aromatic N) is 3. The predicted molar refractivity (Wildman–Crippen MR) is 132 cm³/mol. The summed E-state index contributed by atoms with van der Waals surface area (Å²) in [6.07, 6.45) is -3.46. The highest BCUT2D eigenvalue weighted by molar-refractivity contribution is 5.90. The van der Waals surface area contributed by atoms with E-state index in [0.29, 0.717) is 34.2 Å². The van der Waals surface area contributed by atoms with Crippen molar-refractivity contribution in [2.24, 2.45) is 0 Å². The van der Waals surface area contributed by atoms with Crippen molar-refractivity contribution in [3.63, 3.8) is 0 Å². The summed E-state index contributed by atoms with van der Waals surface area (Å²) in [5.74, 6) is -0.893. The number of hydrogen-bond acceptors (Lipinski definition) is 6. The molecule has 3 heterocycles. The third-order valence-electron chi connectivity index (χ3n) is 6.49. The molecule has 3 aromatic rings. The molecule has 0 bridgehead atoms. The molecule has 8 nitrogen and oxygen atoms in total. The fraction of sp³-hybridized carbons (Fsp3) is 0.333. The van der Waals surface area contributed by atoms with Crippen molar-refractivity contribution in [1.29, 1.82) is 0 Å². The van der Waals surface area contributed by atoms with Gasteiger partial charge in [-0.1, -0.05) is 13.0 Å². The Balaban J connectivity index is 1.95. The van der Waals surface area contributed by atoms with Crippen LogP contribution in [0.2, 0.25) is 0 Å². The first-order valence-electron chi connectivity index (χ1n) is 11.9. The second kappa shape index (κ2) is 10.3. The quantitative estimate of drug-likeness (QED) is 0.397. The van der Waals surface area contributed by atoms with Crippen LogP contribution in [-0.4, -0.2) is 52.3 Å². The number of carboxylic acids is 1. The van der Waals surface area contributed by atoms with Gasteiger partial charge < -0.3 is 14.6 Å². The van der Waals surface area contributed by atoms with E-state index in [1.165, 1.54) is 18.1 Å². The van der Waals surface area contributed by atoms with Crippen molar-refractivity contribution < 1.29 is 37.3 Å². The number of amides is 1. The Kier molecular flexibility index (Phi) is 7.30. The van der Waals surface area contributed by atoms with Gasteiger partial charge in [0.25, 0.3) is 0 Å². The van der Waals surface area contributed by atoms with Crippen LogP contribution in [0.5, 0.6) is 5.88 Å². The van der Waals surface area contributed by atoms with Crippen LogP contribution in [0.1, 0.15) is 52.3 Å². The molecule has 1 amide bonds. The molecule has 1 aliphatic rings. The van der Waals surface area contributed by atoms with E-state index in [1.54, 1.807) is 45.2 Å². The summed E-state index contributed by atoms with van der Waals surface area (Å²) < 4.78 is 51.6. The molecule has 2 aromatic heterocycles. The number of carbonyl (C=O) groups excluding carboxylic acids is 1. The molecule has 11 heteroatoms. The van der Waals surface area contributed by atoms with E-state index >= 15 is 0 Å². The number of cyclic esters (lactones) is 1. The minimum absolute atomic E-state index is 0.0492. The van der Waals surface area contributed by atoms with Gasteiger partial charge in [-0.05, 0) is 61.2 Å². The molecule has 1 atom stereocenters. The van der Waals surface area contributed by atoms with Gasteiger partial charge in [0.2, 0.25) is 5.88 Å². The third kappa shape index (κ3) is 5.00. The average Bonchev–Trinajstić information content (AvgIpc) is 3.28. The molecule has 1 aliphatic heterocycles. The van der Waals surface area contributed by atoms with Crippen LogP contribution in [0.3, 0.4) is 0 Å². The first kappa shape index (κ1) is 26.9. The van der Waals surface area contributed by atoms with E-state index in [-0.39, 0.29) is 30.3 Å². The lowest BCUT2D eigenvalue weighted by Crippen LogP contribution is -2.30. The standard InChI is InChI=1S/C27H26F3N3O5/c1-5-20(33-8-9-38-26(33)36)23-18(6-7-21(32-23)27(28,29)30)19-12-17(13-31-24(19)37-4)22-14(2)10-16(25(34)35)11-15(22)3/h6-7,10-13,20H,5,8-9H2,1-4H3,(H,34,35)/t20-/m0/s1. The summed E-state index contributed by atoms with van der Waals surface area (Å²) in [4.78, 5) is 33.6. The van der Waals surface area contributed by atoms with Gasteiger partial charge in [-0.15, -0.1) is 0 Å². The summed E-state index contributed by atoms with van der Waals surface area (Å²) in [5.41, 5.74) is 2.56. The lowest BCUT2D eigenvalue weighted by atomic mass is 9.91. The molecular weight excluding hydrogens is 503 g/mol. The zero-order chi connectivity index (χ0) is 27.8. The van der Waals surface area contributed by atoms with Crippen LogP contribution >= 0.6 is 0 Å². The van der Waals surface area contributed by atoms with Gasteiger partial charge in [-0.2, -0.15) is 13.2 Å². The van der Waals surface area contributed by atoms with Crippen molar-refractivity contribution in [2.45, 2.75) is 39.4 Å². The van der Waals surface area contributed by atoms with Crippen molar-refractivity contribution in [3.8, 4) is 28.1 Å². The van der Waals surface area contributed by atoms with Gasteiger partial charge in [-0.25, -0.2) is 19.6 Å². The summed E-state index contributed by atoms with van der Waals surface area (Å²) in [6, 6.07) is 6.24. The molecule has 38 heavy (non-hydrogen) atoms. The van der Waals surface area contributed by atoms with E-state index in [0.717, 1.165) is 11.6 Å². The molecule has 1 aromatic carbocycles. The summed E-state index contributed by atoms with van der Waals surface area (Å²) in [5, 5.41) is 9.40. The highest BCUT2D eigenvalue weighted by atomic mass is 19.4. The molecule has 0 unspecified atom stereocenters. The molecule has 1 fully saturated rings. The number of hydrogen-bond donors (Lipinski definition) is 1. The number of carbonyl (C=O) groups is 2. The summed E-state index contributed by atoms with van der Waals surface area (Å²) in [7, 11) is 1.40. The number of aryl methyl sites for hydroxylation is 2. The summed E-state index contributed by atoms with van der Waals surface area (Å²) >= 11 is 0. The number of aromatic carboxylic acids is 1. The smallest absolute Gasteiger partial charge is 0.433 e. The van der Waals surface area contributed by atoms with Gasteiger partial charge in [0, 0.05) is 22.9 Å². The van der Waals surface area contributed by atoms with Crippen LogP contribution in [0.15, 0.2) is 36.5 Å². The third-order valence-corrected chi connectivity index (χ3v) is 6.49. The Labute approximate surface area is 217 Å². The number of pyridine rings is 2. The van der Waals surface area contributed by atoms with Crippen LogP contribution in [-0.2, 0) is 10.9 Å². The van der Waals surface area contributed by atoms with Crippen molar-refractivity contribution in [1.82, 2.24) is 14.9 Å².